The first-order valence-corrected chi connectivity index (χ1v) is 5.06. The fraction of sp³-hybridized carbons (Fsp3) is 0.636. The Morgan fingerprint density at radius 1 is 1.08 bits per heavy atom. The summed E-state index contributed by atoms with van der Waals surface area (Å²) in [5.41, 5.74) is 1.60. The molecule has 0 fully saturated rings. The van der Waals surface area contributed by atoms with Crippen LogP contribution in [0.4, 0.5) is 0 Å². The van der Waals surface area contributed by atoms with E-state index in [0.29, 0.717) is 0 Å². The normalized spacial score (nSPS) is 24.0. The Labute approximate surface area is 74.8 Å². The number of hydrogen-bond acceptors (Lipinski definition) is 1. The van der Waals surface area contributed by atoms with E-state index in [1.54, 1.807) is 5.70 Å². The molecule has 0 spiro atoms. The molecular weight excluding hydrogens is 146 g/mol. The molecular formula is C11H17N. The van der Waals surface area contributed by atoms with Crippen LogP contribution in [0, 0.1) is 0 Å². The average Bonchev–Trinajstić information content (AvgIpc) is 2.21. The van der Waals surface area contributed by atoms with Crippen LogP contribution in [0.25, 0.3) is 0 Å². The Morgan fingerprint density at radius 2 is 2.08 bits per heavy atom. The van der Waals surface area contributed by atoms with Gasteiger partial charge in [0, 0.05) is 18.8 Å². The summed E-state index contributed by atoms with van der Waals surface area (Å²) in [4.78, 5) is 2.53. The van der Waals surface area contributed by atoms with Crippen molar-refractivity contribution in [2.75, 3.05) is 13.1 Å². The van der Waals surface area contributed by atoms with Crippen LogP contribution in [-0.2, 0) is 0 Å². The van der Waals surface area contributed by atoms with E-state index in [1.165, 1.54) is 38.6 Å². The highest BCUT2D eigenvalue weighted by Gasteiger charge is 2.11. The molecule has 0 unspecified atom stereocenters. The molecule has 2 rings (SSSR count). The topological polar surface area (TPSA) is 3.24 Å². The maximum Gasteiger partial charge on any atom is 0.0356 e. The van der Waals surface area contributed by atoms with E-state index in [0.717, 1.165) is 6.54 Å². The summed E-state index contributed by atoms with van der Waals surface area (Å²) in [6.45, 7) is 2.38. The van der Waals surface area contributed by atoms with Crippen molar-refractivity contribution in [1.29, 1.82) is 0 Å². The van der Waals surface area contributed by atoms with Gasteiger partial charge in [-0.2, -0.15) is 0 Å². The van der Waals surface area contributed by atoms with Gasteiger partial charge in [0.15, 0.2) is 0 Å². The van der Waals surface area contributed by atoms with Gasteiger partial charge in [0.05, 0.1) is 0 Å². The van der Waals surface area contributed by atoms with Crippen molar-refractivity contribution in [1.82, 2.24) is 4.90 Å². The minimum atomic E-state index is 1.14. The van der Waals surface area contributed by atoms with Gasteiger partial charge in [0.2, 0.25) is 0 Å². The number of nitrogens with zero attached hydrogens (tertiary/aromatic N) is 1. The molecule has 2 aliphatic rings. The van der Waals surface area contributed by atoms with E-state index in [4.69, 9.17) is 0 Å². The van der Waals surface area contributed by atoms with Crippen LogP contribution in [0.15, 0.2) is 23.9 Å². The van der Waals surface area contributed by atoms with E-state index >= 15 is 0 Å². The van der Waals surface area contributed by atoms with Crippen molar-refractivity contribution in [3.63, 3.8) is 0 Å². The predicted octanol–water partition coefficient (Wildman–Crippen LogP) is 2.71. The van der Waals surface area contributed by atoms with Crippen molar-refractivity contribution in [2.45, 2.75) is 32.1 Å². The molecule has 0 N–H and O–H groups in total. The number of allylic oxidation sites excluding steroid dienone is 2. The first-order valence-electron chi connectivity index (χ1n) is 5.06. The van der Waals surface area contributed by atoms with Gasteiger partial charge >= 0.3 is 0 Å². The molecule has 0 bridgehead atoms. The lowest BCUT2D eigenvalue weighted by Gasteiger charge is -2.30. The highest BCUT2D eigenvalue weighted by Crippen LogP contribution is 2.22. The van der Waals surface area contributed by atoms with Crippen LogP contribution in [0.2, 0.25) is 0 Å². The number of rotatable bonds is 1. The van der Waals surface area contributed by atoms with Crippen molar-refractivity contribution >= 4 is 0 Å². The quantitative estimate of drug-likeness (QED) is 0.537. The fourth-order valence-corrected chi connectivity index (χ4v) is 2.01. The largest absolute Gasteiger partial charge is 0.371 e. The molecule has 1 aliphatic carbocycles. The van der Waals surface area contributed by atoms with Crippen LogP contribution in [-0.4, -0.2) is 18.0 Å². The standard InChI is InChI=1S/C11H17N/c1-3-7-11(8-4-1)12-9-5-2-6-10-12/h2,5,7H,1,3-4,6,8-10H2. The minimum absolute atomic E-state index is 1.14. The van der Waals surface area contributed by atoms with Crippen LogP contribution in [0.1, 0.15) is 32.1 Å². The second-order valence-corrected chi connectivity index (χ2v) is 3.65. The van der Waals surface area contributed by atoms with Gasteiger partial charge in [-0.05, 0) is 32.1 Å². The molecule has 0 aromatic heterocycles. The second-order valence-electron chi connectivity index (χ2n) is 3.65. The molecule has 0 saturated carbocycles. The van der Waals surface area contributed by atoms with Crippen molar-refractivity contribution in [3.05, 3.63) is 23.9 Å². The van der Waals surface area contributed by atoms with Gasteiger partial charge in [0.1, 0.15) is 0 Å². The fourth-order valence-electron chi connectivity index (χ4n) is 2.01. The zero-order valence-electron chi connectivity index (χ0n) is 7.63. The van der Waals surface area contributed by atoms with E-state index < -0.39 is 0 Å². The molecule has 0 aromatic carbocycles. The molecule has 1 aliphatic heterocycles. The smallest absolute Gasteiger partial charge is 0.0356 e. The highest BCUT2D eigenvalue weighted by atomic mass is 15.1. The van der Waals surface area contributed by atoms with Crippen LogP contribution in [0.5, 0.6) is 0 Å². The molecule has 0 radical (unpaired) electrons. The van der Waals surface area contributed by atoms with Crippen molar-refractivity contribution in [3.8, 4) is 0 Å². The summed E-state index contributed by atoms with van der Waals surface area (Å²) in [6.07, 6.45) is 13.7. The van der Waals surface area contributed by atoms with Gasteiger partial charge in [-0.1, -0.05) is 18.2 Å². The van der Waals surface area contributed by atoms with E-state index in [9.17, 15) is 0 Å². The molecule has 66 valence electrons. The van der Waals surface area contributed by atoms with E-state index in [1.807, 2.05) is 0 Å². The predicted molar refractivity (Wildman–Crippen MR) is 51.9 cm³/mol. The Balaban J connectivity index is 1.98. The van der Waals surface area contributed by atoms with Gasteiger partial charge in [-0.3, -0.25) is 0 Å². The lowest BCUT2D eigenvalue weighted by Crippen LogP contribution is -2.27. The van der Waals surface area contributed by atoms with Gasteiger partial charge < -0.3 is 4.90 Å². The minimum Gasteiger partial charge on any atom is -0.371 e. The summed E-state index contributed by atoms with van der Waals surface area (Å²) in [5, 5.41) is 0. The SMILES string of the molecule is C1=CCN(C2=CCCCC2)CC1. The molecule has 0 saturated heterocycles. The van der Waals surface area contributed by atoms with Crippen LogP contribution < -0.4 is 0 Å². The van der Waals surface area contributed by atoms with Crippen molar-refractivity contribution < 1.29 is 0 Å². The van der Waals surface area contributed by atoms with E-state index in [-0.39, 0.29) is 0 Å². The summed E-state index contributed by atoms with van der Waals surface area (Å²) < 4.78 is 0. The molecule has 0 amide bonds. The third kappa shape index (κ3) is 1.71. The maximum absolute atomic E-state index is 2.53. The highest BCUT2D eigenvalue weighted by molar-refractivity contribution is 5.08. The Morgan fingerprint density at radius 3 is 2.75 bits per heavy atom. The second kappa shape index (κ2) is 3.79. The van der Waals surface area contributed by atoms with E-state index in [2.05, 4.69) is 23.1 Å². The van der Waals surface area contributed by atoms with Gasteiger partial charge in [-0.25, -0.2) is 0 Å². The van der Waals surface area contributed by atoms with Gasteiger partial charge in [-0.15, -0.1) is 0 Å². The summed E-state index contributed by atoms with van der Waals surface area (Å²) in [5.74, 6) is 0. The Hall–Kier alpha value is -0.720. The lowest BCUT2D eigenvalue weighted by atomic mass is 10.0. The average molecular weight is 163 g/mol. The first-order chi connectivity index (χ1) is 5.97. The summed E-state index contributed by atoms with van der Waals surface area (Å²) in [6, 6.07) is 0. The van der Waals surface area contributed by atoms with Crippen molar-refractivity contribution in [2.24, 2.45) is 0 Å². The first kappa shape index (κ1) is 7.90. The third-order valence-corrected chi connectivity index (χ3v) is 2.73. The van der Waals surface area contributed by atoms with Gasteiger partial charge in [0.25, 0.3) is 0 Å². The number of hydrogen-bond donors (Lipinski definition) is 0. The molecule has 1 nitrogen and oxygen atoms in total. The zero-order chi connectivity index (χ0) is 8.23. The molecule has 1 heterocycles. The Bertz CT molecular complexity index is 203. The summed E-state index contributed by atoms with van der Waals surface area (Å²) >= 11 is 0. The molecule has 12 heavy (non-hydrogen) atoms. The van der Waals surface area contributed by atoms with Crippen LogP contribution >= 0.6 is 0 Å². The monoisotopic (exact) mass is 163 g/mol. The zero-order valence-corrected chi connectivity index (χ0v) is 7.63. The third-order valence-electron chi connectivity index (χ3n) is 2.73. The van der Waals surface area contributed by atoms with Crippen LogP contribution in [0.3, 0.4) is 0 Å². The lowest BCUT2D eigenvalue weighted by molar-refractivity contribution is 0.349. The molecule has 0 atom stereocenters. The Kier molecular flexibility index (Phi) is 2.50. The summed E-state index contributed by atoms with van der Waals surface area (Å²) in [7, 11) is 0. The molecule has 1 heteroatoms. The maximum atomic E-state index is 2.53. The molecule has 0 aromatic rings.